The van der Waals surface area contributed by atoms with Crippen molar-refractivity contribution in [1.82, 2.24) is 0 Å². The van der Waals surface area contributed by atoms with Crippen molar-refractivity contribution in [3.63, 3.8) is 0 Å². The van der Waals surface area contributed by atoms with E-state index in [2.05, 4.69) is 19.2 Å². The lowest BCUT2D eigenvalue weighted by Gasteiger charge is -2.15. The molecule has 5 heteroatoms. The Morgan fingerprint density at radius 1 is 1.25 bits per heavy atom. The van der Waals surface area contributed by atoms with E-state index in [-0.39, 0.29) is 13.0 Å². The van der Waals surface area contributed by atoms with Gasteiger partial charge in [0.05, 0.1) is 12.3 Å². The minimum absolute atomic E-state index is 0.0993. The van der Waals surface area contributed by atoms with Crippen LogP contribution in [0, 0.1) is 12.8 Å². The number of carboxylic acids is 2. The average Bonchev–Trinajstić information content (AvgIpc) is 2.33. The highest BCUT2D eigenvalue weighted by atomic mass is 16.4. The molecule has 0 fully saturated rings. The van der Waals surface area contributed by atoms with E-state index in [1.54, 1.807) is 0 Å². The third-order valence-corrected chi connectivity index (χ3v) is 3.21. The molecule has 1 atom stereocenters. The fourth-order valence-electron chi connectivity index (χ4n) is 2.13. The summed E-state index contributed by atoms with van der Waals surface area (Å²) >= 11 is 0. The van der Waals surface area contributed by atoms with Crippen LogP contribution in [-0.4, -0.2) is 28.7 Å². The first-order valence-electron chi connectivity index (χ1n) is 6.60. The molecule has 110 valence electrons. The van der Waals surface area contributed by atoms with Gasteiger partial charge in [-0.2, -0.15) is 0 Å². The van der Waals surface area contributed by atoms with Gasteiger partial charge in [-0.25, -0.2) is 0 Å². The van der Waals surface area contributed by atoms with Crippen molar-refractivity contribution in [2.45, 2.75) is 33.1 Å². The molecule has 0 aromatic heterocycles. The summed E-state index contributed by atoms with van der Waals surface area (Å²) in [6.45, 7) is 6.33. The maximum atomic E-state index is 11.0. The molecule has 0 bridgehead atoms. The van der Waals surface area contributed by atoms with Crippen molar-refractivity contribution in [2.75, 3.05) is 11.9 Å². The van der Waals surface area contributed by atoms with E-state index < -0.39 is 17.9 Å². The largest absolute Gasteiger partial charge is 0.481 e. The number of rotatable bonds is 7. The Bertz CT molecular complexity index is 497. The average molecular weight is 279 g/mol. The molecule has 1 aromatic rings. The number of nitrogens with one attached hydrogen (secondary N) is 1. The first-order chi connectivity index (χ1) is 9.31. The molecule has 1 aromatic carbocycles. The molecule has 0 aliphatic heterocycles. The van der Waals surface area contributed by atoms with E-state index in [1.165, 1.54) is 5.56 Å². The summed E-state index contributed by atoms with van der Waals surface area (Å²) in [7, 11) is 0. The highest BCUT2D eigenvalue weighted by Crippen LogP contribution is 2.22. The van der Waals surface area contributed by atoms with Gasteiger partial charge >= 0.3 is 11.9 Å². The molecule has 0 heterocycles. The van der Waals surface area contributed by atoms with E-state index in [1.807, 2.05) is 25.1 Å². The molecule has 3 N–H and O–H groups in total. The summed E-state index contributed by atoms with van der Waals surface area (Å²) in [6, 6.07) is 5.85. The molecular formula is C15H21NO4. The number of aryl methyl sites for hydroxylation is 1. The highest BCUT2D eigenvalue weighted by Gasteiger charge is 2.20. The van der Waals surface area contributed by atoms with Crippen molar-refractivity contribution in [1.29, 1.82) is 0 Å². The van der Waals surface area contributed by atoms with Crippen LogP contribution >= 0.6 is 0 Å². The monoisotopic (exact) mass is 279 g/mol. The summed E-state index contributed by atoms with van der Waals surface area (Å²) in [5.41, 5.74) is 3.19. The lowest BCUT2D eigenvalue weighted by molar-refractivity contribution is -0.147. The molecule has 0 amide bonds. The zero-order valence-electron chi connectivity index (χ0n) is 12.0. The maximum absolute atomic E-state index is 11.0. The Hall–Kier alpha value is -2.04. The van der Waals surface area contributed by atoms with Crippen molar-refractivity contribution < 1.29 is 19.8 Å². The summed E-state index contributed by atoms with van der Waals surface area (Å²) in [5, 5.41) is 20.6. The van der Waals surface area contributed by atoms with Crippen LogP contribution in [0.5, 0.6) is 0 Å². The fourth-order valence-corrected chi connectivity index (χ4v) is 2.13. The van der Waals surface area contributed by atoms with Crippen LogP contribution < -0.4 is 5.32 Å². The maximum Gasteiger partial charge on any atom is 0.308 e. The second-order valence-corrected chi connectivity index (χ2v) is 5.24. The number of anilines is 1. The molecule has 0 saturated carbocycles. The number of hydrogen-bond acceptors (Lipinski definition) is 3. The highest BCUT2D eigenvalue weighted by molar-refractivity contribution is 5.78. The van der Waals surface area contributed by atoms with Gasteiger partial charge in [-0.3, -0.25) is 9.59 Å². The second-order valence-electron chi connectivity index (χ2n) is 5.24. The molecule has 5 nitrogen and oxygen atoms in total. The van der Waals surface area contributed by atoms with Crippen LogP contribution in [-0.2, 0) is 9.59 Å². The van der Waals surface area contributed by atoms with E-state index in [0.29, 0.717) is 5.92 Å². The lowest BCUT2D eigenvalue weighted by atomic mass is 9.97. The molecule has 0 aliphatic carbocycles. The van der Waals surface area contributed by atoms with Crippen LogP contribution in [0.2, 0.25) is 0 Å². The molecular weight excluding hydrogens is 258 g/mol. The number of benzene rings is 1. The predicted octanol–water partition coefficient (Wildman–Crippen LogP) is 2.71. The van der Waals surface area contributed by atoms with Gasteiger partial charge in [-0.15, -0.1) is 0 Å². The zero-order chi connectivity index (χ0) is 15.3. The van der Waals surface area contributed by atoms with Gasteiger partial charge in [0.2, 0.25) is 0 Å². The molecule has 0 unspecified atom stereocenters. The zero-order valence-corrected chi connectivity index (χ0v) is 12.0. The van der Waals surface area contributed by atoms with Gasteiger partial charge in [-0.1, -0.05) is 19.9 Å². The van der Waals surface area contributed by atoms with Gasteiger partial charge in [0.25, 0.3) is 0 Å². The number of hydrogen-bond donors (Lipinski definition) is 3. The summed E-state index contributed by atoms with van der Waals surface area (Å²) in [5.74, 6) is -2.71. The van der Waals surface area contributed by atoms with Gasteiger partial charge in [0.15, 0.2) is 0 Å². The smallest absolute Gasteiger partial charge is 0.308 e. The normalized spacial score (nSPS) is 12.2. The van der Waals surface area contributed by atoms with Crippen LogP contribution in [0.25, 0.3) is 0 Å². The third kappa shape index (κ3) is 4.57. The predicted molar refractivity (Wildman–Crippen MR) is 77.1 cm³/mol. The quantitative estimate of drug-likeness (QED) is 0.714. The molecule has 0 saturated heterocycles. The van der Waals surface area contributed by atoms with E-state index in [4.69, 9.17) is 10.2 Å². The summed E-state index contributed by atoms with van der Waals surface area (Å²) in [4.78, 5) is 21.6. The van der Waals surface area contributed by atoms with Gasteiger partial charge in [-0.05, 0) is 36.1 Å². The van der Waals surface area contributed by atoms with Crippen molar-refractivity contribution in [2.24, 2.45) is 5.92 Å². The number of aliphatic carboxylic acids is 2. The Morgan fingerprint density at radius 3 is 2.35 bits per heavy atom. The first kappa shape index (κ1) is 16.0. The van der Waals surface area contributed by atoms with E-state index in [9.17, 15) is 9.59 Å². The summed E-state index contributed by atoms with van der Waals surface area (Å²) in [6.07, 6.45) is -0.384. The minimum Gasteiger partial charge on any atom is -0.481 e. The van der Waals surface area contributed by atoms with E-state index >= 15 is 0 Å². The second kappa shape index (κ2) is 6.93. The van der Waals surface area contributed by atoms with Crippen LogP contribution in [0.1, 0.15) is 37.3 Å². The Labute approximate surface area is 118 Å². The topological polar surface area (TPSA) is 86.6 Å². The summed E-state index contributed by atoms with van der Waals surface area (Å²) < 4.78 is 0. The number of carbonyl (C=O) groups is 2. The van der Waals surface area contributed by atoms with Crippen molar-refractivity contribution in [3.05, 3.63) is 29.3 Å². The van der Waals surface area contributed by atoms with Gasteiger partial charge in [0, 0.05) is 12.2 Å². The van der Waals surface area contributed by atoms with Gasteiger partial charge < -0.3 is 15.5 Å². The van der Waals surface area contributed by atoms with Crippen LogP contribution in [0.15, 0.2) is 18.2 Å². The standard InChI is InChI=1S/C15H21NO4/c1-9(2)13-5-4-12(6-10(13)3)16-8-11(15(19)20)7-14(17)18/h4-6,9,11,16H,7-8H2,1-3H3,(H,17,18)(H,19,20)/t11-/m1/s1. The van der Waals surface area contributed by atoms with Crippen LogP contribution in [0.3, 0.4) is 0 Å². The Morgan fingerprint density at radius 2 is 1.90 bits per heavy atom. The molecule has 0 aliphatic rings. The van der Waals surface area contributed by atoms with Gasteiger partial charge in [0.1, 0.15) is 0 Å². The SMILES string of the molecule is Cc1cc(NC[C@@H](CC(=O)O)C(=O)O)ccc1C(C)C. The molecule has 1 rings (SSSR count). The molecule has 0 spiro atoms. The van der Waals surface area contributed by atoms with Crippen molar-refractivity contribution >= 4 is 17.6 Å². The Kier molecular flexibility index (Phi) is 5.55. The third-order valence-electron chi connectivity index (χ3n) is 3.21. The molecule has 0 radical (unpaired) electrons. The number of carboxylic acid groups (broad SMARTS) is 2. The lowest BCUT2D eigenvalue weighted by Crippen LogP contribution is -2.25. The Balaban J connectivity index is 2.71. The minimum atomic E-state index is -1.11. The van der Waals surface area contributed by atoms with E-state index in [0.717, 1.165) is 11.3 Å². The van der Waals surface area contributed by atoms with Crippen molar-refractivity contribution in [3.8, 4) is 0 Å². The first-order valence-corrected chi connectivity index (χ1v) is 6.60. The van der Waals surface area contributed by atoms with Crippen LogP contribution in [0.4, 0.5) is 5.69 Å². The molecule has 20 heavy (non-hydrogen) atoms. The fraction of sp³-hybridized carbons (Fsp3) is 0.467.